The van der Waals surface area contributed by atoms with Gasteiger partial charge in [0.05, 0.1) is 17.7 Å². The summed E-state index contributed by atoms with van der Waals surface area (Å²) in [6.07, 6.45) is -4.52. The third-order valence-electron chi connectivity index (χ3n) is 2.91. The monoisotopic (exact) mass is 301 g/mol. The molecule has 0 saturated carbocycles. The van der Waals surface area contributed by atoms with E-state index >= 15 is 0 Å². The molecule has 0 aliphatic heterocycles. The van der Waals surface area contributed by atoms with Crippen LogP contribution < -0.4 is 5.32 Å². The van der Waals surface area contributed by atoms with E-state index in [0.717, 1.165) is 12.1 Å². The smallest absolute Gasteiger partial charge is 0.416 e. The summed E-state index contributed by atoms with van der Waals surface area (Å²) < 4.78 is 57.1. The van der Waals surface area contributed by atoms with Crippen molar-refractivity contribution in [3.63, 3.8) is 0 Å². The first kappa shape index (κ1) is 15.6. The molecule has 114 valence electrons. The molecule has 1 heterocycles. The van der Waals surface area contributed by atoms with Gasteiger partial charge in [0.15, 0.2) is 0 Å². The lowest BCUT2D eigenvalue weighted by atomic mass is 10.1. The second kappa shape index (κ2) is 5.89. The van der Waals surface area contributed by atoms with E-state index in [4.69, 9.17) is 4.42 Å². The minimum absolute atomic E-state index is 0.0826. The van der Waals surface area contributed by atoms with Crippen LogP contribution in [-0.4, -0.2) is 6.04 Å². The first-order chi connectivity index (χ1) is 9.77. The summed E-state index contributed by atoms with van der Waals surface area (Å²) >= 11 is 0. The molecule has 1 N–H and O–H groups in total. The van der Waals surface area contributed by atoms with Crippen molar-refractivity contribution in [2.45, 2.75) is 32.6 Å². The Balaban J connectivity index is 2.29. The van der Waals surface area contributed by atoms with E-state index in [-0.39, 0.29) is 17.4 Å². The summed E-state index contributed by atoms with van der Waals surface area (Å²) in [7, 11) is 0. The van der Waals surface area contributed by atoms with Crippen molar-refractivity contribution in [1.82, 2.24) is 5.32 Å². The van der Waals surface area contributed by atoms with Crippen molar-refractivity contribution in [3.8, 4) is 11.3 Å². The number of furan rings is 1. The zero-order valence-corrected chi connectivity index (χ0v) is 11.6. The number of halogens is 4. The van der Waals surface area contributed by atoms with Crippen molar-refractivity contribution in [2.24, 2.45) is 0 Å². The lowest BCUT2D eigenvalue weighted by Gasteiger charge is -2.08. The molecule has 2 aromatic rings. The van der Waals surface area contributed by atoms with Crippen LogP contribution in [0.25, 0.3) is 11.3 Å². The second-order valence-corrected chi connectivity index (χ2v) is 4.99. The van der Waals surface area contributed by atoms with E-state index in [2.05, 4.69) is 5.32 Å². The molecular weight excluding hydrogens is 286 g/mol. The molecular formula is C15H15F4NO. The van der Waals surface area contributed by atoms with Crippen molar-refractivity contribution in [2.75, 3.05) is 0 Å². The van der Waals surface area contributed by atoms with Gasteiger partial charge in [0, 0.05) is 6.04 Å². The molecule has 0 atom stereocenters. The van der Waals surface area contributed by atoms with Crippen LogP contribution in [0, 0.1) is 5.82 Å². The maximum absolute atomic E-state index is 13.7. The highest BCUT2D eigenvalue weighted by Gasteiger charge is 2.31. The number of benzene rings is 1. The SMILES string of the molecule is CC(C)NCc1ccc(-c2cc(C(F)(F)F)ccc2F)o1. The molecule has 21 heavy (non-hydrogen) atoms. The van der Waals surface area contributed by atoms with Crippen LogP contribution in [0.5, 0.6) is 0 Å². The van der Waals surface area contributed by atoms with Gasteiger partial charge in [-0.1, -0.05) is 13.8 Å². The Labute approximate surface area is 119 Å². The van der Waals surface area contributed by atoms with Crippen LogP contribution in [-0.2, 0) is 12.7 Å². The maximum atomic E-state index is 13.7. The van der Waals surface area contributed by atoms with Crippen LogP contribution in [0.2, 0.25) is 0 Å². The maximum Gasteiger partial charge on any atom is 0.416 e. The first-order valence-corrected chi connectivity index (χ1v) is 6.46. The number of hydrogen-bond donors (Lipinski definition) is 1. The van der Waals surface area contributed by atoms with E-state index in [9.17, 15) is 17.6 Å². The van der Waals surface area contributed by atoms with E-state index in [0.29, 0.717) is 18.4 Å². The van der Waals surface area contributed by atoms with Crippen LogP contribution in [0.1, 0.15) is 25.2 Å². The number of hydrogen-bond acceptors (Lipinski definition) is 2. The van der Waals surface area contributed by atoms with Crippen LogP contribution in [0.3, 0.4) is 0 Å². The highest BCUT2D eigenvalue weighted by atomic mass is 19.4. The van der Waals surface area contributed by atoms with Crippen molar-refractivity contribution < 1.29 is 22.0 Å². The lowest BCUT2D eigenvalue weighted by molar-refractivity contribution is -0.137. The van der Waals surface area contributed by atoms with Crippen molar-refractivity contribution in [3.05, 3.63) is 47.5 Å². The lowest BCUT2D eigenvalue weighted by Crippen LogP contribution is -2.21. The molecule has 1 aromatic heterocycles. The quantitative estimate of drug-likeness (QED) is 0.835. The summed E-state index contributed by atoms with van der Waals surface area (Å²) in [6, 6.07) is 5.59. The normalized spacial score (nSPS) is 12.1. The molecule has 0 amide bonds. The largest absolute Gasteiger partial charge is 0.460 e. The van der Waals surface area contributed by atoms with Gasteiger partial charge < -0.3 is 9.73 Å². The number of alkyl halides is 3. The van der Waals surface area contributed by atoms with Crippen molar-refractivity contribution in [1.29, 1.82) is 0 Å². The molecule has 0 spiro atoms. The average molecular weight is 301 g/mol. The molecule has 0 aliphatic carbocycles. The topological polar surface area (TPSA) is 25.2 Å². The summed E-state index contributed by atoms with van der Waals surface area (Å²) in [6.45, 7) is 4.34. The Morgan fingerprint density at radius 2 is 1.86 bits per heavy atom. The Kier molecular flexibility index (Phi) is 4.37. The third-order valence-corrected chi connectivity index (χ3v) is 2.91. The molecule has 2 nitrogen and oxygen atoms in total. The molecule has 2 rings (SSSR count). The first-order valence-electron chi connectivity index (χ1n) is 6.46. The third kappa shape index (κ3) is 3.85. The second-order valence-electron chi connectivity index (χ2n) is 4.99. The molecule has 0 saturated heterocycles. The fourth-order valence-electron chi connectivity index (χ4n) is 1.81. The zero-order chi connectivity index (χ0) is 15.6. The molecule has 6 heteroatoms. The molecule has 1 aromatic carbocycles. The predicted octanol–water partition coefficient (Wildman–Crippen LogP) is 4.60. The highest BCUT2D eigenvalue weighted by Crippen LogP contribution is 2.34. The van der Waals surface area contributed by atoms with Crippen LogP contribution >= 0.6 is 0 Å². The summed E-state index contributed by atoms with van der Waals surface area (Å²) in [5.74, 6) is -0.129. The minimum Gasteiger partial charge on any atom is -0.460 e. The fourth-order valence-corrected chi connectivity index (χ4v) is 1.81. The van der Waals surface area contributed by atoms with Crippen LogP contribution in [0.4, 0.5) is 17.6 Å². The van der Waals surface area contributed by atoms with Gasteiger partial charge in [0.1, 0.15) is 17.3 Å². The average Bonchev–Trinajstić information content (AvgIpc) is 2.84. The van der Waals surface area contributed by atoms with Crippen molar-refractivity contribution >= 4 is 0 Å². The Hall–Kier alpha value is -1.82. The number of rotatable bonds is 4. The van der Waals surface area contributed by atoms with Crippen LogP contribution in [0.15, 0.2) is 34.7 Å². The minimum atomic E-state index is -4.52. The van der Waals surface area contributed by atoms with E-state index in [1.54, 1.807) is 6.07 Å². The molecule has 0 unspecified atom stereocenters. The van der Waals surface area contributed by atoms with E-state index in [1.165, 1.54) is 6.07 Å². The molecule has 0 fully saturated rings. The summed E-state index contributed by atoms with van der Waals surface area (Å²) in [4.78, 5) is 0. The fraction of sp³-hybridized carbons (Fsp3) is 0.333. The van der Waals surface area contributed by atoms with Gasteiger partial charge in [0.2, 0.25) is 0 Å². The Morgan fingerprint density at radius 1 is 1.14 bits per heavy atom. The van der Waals surface area contributed by atoms with E-state index in [1.807, 2.05) is 13.8 Å². The van der Waals surface area contributed by atoms with Gasteiger partial charge in [-0.3, -0.25) is 0 Å². The highest BCUT2D eigenvalue weighted by molar-refractivity contribution is 5.60. The molecule has 0 bridgehead atoms. The molecule has 0 radical (unpaired) electrons. The number of nitrogens with one attached hydrogen (secondary N) is 1. The standard InChI is InChI=1S/C15H15F4NO/c1-9(2)20-8-11-4-6-14(21-11)12-7-10(15(17,18)19)3-5-13(12)16/h3-7,9,20H,8H2,1-2H3. The Bertz CT molecular complexity index is 616. The molecule has 0 aliphatic rings. The van der Waals surface area contributed by atoms with Gasteiger partial charge in [0.25, 0.3) is 0 Å². The van der Waals surface area contributed by atoms with Gasteiger partial charge in [-0.05, 0) is 30.3 Å². The van der Waals surface area contributed by atoms with E-state index < -0.39 is 17.6 Å². The predicted molar refractivity (Wildman–Crippen MR) is 71.1 cm³/mol. The Morgan fingerprint density at radius 3 is 2.48 bits per heavy atom. The van der Waals surface area contributed by atoms with Gasteiger partial charge in [-0.25, -0.2) is 4.39 Å². The zero-order valence-electron chi connectivity index (χ0n) is 11.6. The van der Waals surface area contributed by atoms with Gasteiger partial charge >= 0.3 is 6.18 Å². The summed E-state index contributed by atoms with van der Waals surface area (Å²) in [5, 5.41) is 3.11. The van der Waals surface area contributed by atoms with Gasteiger partial charge in [-0.15, -0.1) is 0 Å². The summed E-state index contributed by atoms with van der Waals surface area (Å²) in [5.41, 5.74) is -1.10. The van der Waals surface area contributed by atoms with Gasteiger partial charge in [-0.2, -0.15) is 13.2 Å².